The van der Waals surface area contributed by atoms with Gasteiger partial charge in [0.1, 0.15) is 17.5 Å². The van der Waals surface area contributed by atoms with Crippen molar-refractivity contribution < 1.29 is 22.7 Å². The summed E-state index contributed by atoms with van der Waals surface area (Å²) < 4.78 is 36.7. The fourth-order valence-electron chi connectivity index (χ4n) is 2.91. The van der Waals surface area contributed by atoms with E-state index in [1.54, 1.807) is 12.1 Å². The van der Waals surface area contributed by atoms with E-state index in [1.165, 1.54) is 27.2 Å². The van der Waals surface area contributed by atoms with Gasteiger partial charge in [-0.2, -0.15) is 0 Å². The van der Waals surface area contributed by atoms with Crippen LogP contribution in [0.2, 0.25) is 0 Å². The first-order valence-corrected chi connectivity index (χ1v) is 10.6. The van der Waals surface area contributed by atoms with Crippen molar-refractivity contribution in [2.45, 2.75) is 25.9 Å². The lowest BCUT2D eigenvalue weighted by atomic mass is 10.1. The molecule has 7 nitrogen and oxygen atoms in total. The number of anilines is 1. The van der Waals surface area contributed by atoms with E-state index in [2.05, 4.69) is 5.32 Å². The average Bonchev–Trinajstić information content (AvgIpc) is 2.67. The predicted molar refractivity (Wildman–Crippen MR) is 109 cm³/mol. The number of carbonyl (C=O) groups excluding carboxylic acids is 1. The largest absolute Gasteiger partial charge is 0.497 e. The van der Waals surface area contributed by atoms with E-state index in [1.807, 2.05) is 37.3 Å². The van der Waals surface area contributed by atoms with E-state index in [0.29, 0.717) is 11.5 Å². The van der Waals surface area contributed by atoms with Crippen molar-refractivity contribution in [2.24, 2.45) is 0 Å². The molecule has 2 atom stereocenters. The molecule has 1 N–H and O–H groups in total. The van der Waals surface area contributed by atoms with Gasteiger partial charge in [-0.05, 0) is 31.5 Å². The van der Waals surface area contributed by atoms with Crippen LogP contribution in [0.25, 0.3) is 0 Å². The van der Waals surface area contributed by atoms with Crippen LogP contribution in [0.15, 0.2) is 48.5 Å². The van der Waals surface area contributed by atoms with Gasteiger partial charge in [0.2, 0.25) is 15.9 Å². The molecule has 0 aliphatic carbocycles. The molecule has 2 aromatic carbocycles. The van der Waals surface area contributed by atoms with Gasteiger partial charge < -0.3 is 14.8 Å². The van der Waals surface area contributed by atoms with Crippen molar-refractivity contribution in [3.05, 3.63) is 54.1 Å². The lowest BCUT2D eigenvalue weighted by Gasteiger charge is -2.30. The summed E-state index contributed by atoms with van der Waals surface area (Å²) in [4.78, 5) is 12.9. The zero-order valence-electron chi connectivity index (χ0n) is 16.7. The van der Waals surface area contributed by atoms with Gasteiger partial charge in [0, 0.05) is 6.07 Å². The minimum absolute atomic E-state index is 0.236. The smallest absolute Gasteiger partial charge is 0.244 e. The van der Waals surface area contributed by atoms with Crippen molar-refractivity contribution in [1.82, 2.24) is 5.32 Å². The second-order valence-electron chi connectivity index (χ2n) is 6.41. The quantitative estimate of drug-likeness (QED) is 0.729. The summed E-state index contributed by atoms with van der Waals surface area (Å²) in [5, 5.41) is 2.87. The number of nitrogens with zero attached hydrogens (tertiary/aromatic N) is 1. The Morgan fingerprint density at radius 1 is 1.04 bits per heavy atom. The van der Waals surface area contributed by atoms with Gasteiger partial charge in [-0.3, -0.25) is 9.10 Å². The van der Waals surface area contributed by atoms with Crippen molar-refractivity contribution in [2.75, 3.05) is 24.8 Å². The van der Waals surface area contributed by atoms with Crippen LogP contribution in [0.4, 0.5) is 5.69 Å². The van der Waals surface area contributed by atoms with E-state index >= 15 is 0 Å². The van der Waals surface area contributed by atoms with Crippen LogP contribution in [-0.4, -0.2) is 40.8 Å². The fourth-order valence-corrected chi connectivity index (χ4v) is 4.08. The van der Waals surface area contributed by atoms with E-state index in [4.69, 9.17) is 9.47 Å². The summed E-state index contributed by atoms with van der Waals surface area (Å²) in [6.07, 6.45) is 1.05. The summed E-state index contributed by atoms with van der Waals surface area (Å²) >= 11 is 0. The van der Waals surface area contributed by atoms with Gasteiger partial charge >= 0.3 is 0 Å². The molecule has 2 unspecified atom stereocenters. The number of carbonyl (C=O) groups is 1. The maximum absolute atomic E-state index is 12.9. The number of ether oxygens (including phenoxy) is 2. The molecule has 0 heterocycles. The first kappa shape index (κ1) is 21.6. The molecule has 0 radical (unpaired) electrons. The standard InChI is InChI=1S/C20H26N2O5S/c1-14(16-9-7-6-8-10-16)21-20(23)15(2)22(28(5,24)25)18-13-17(26-3)11-12-19(18)27-4/h6-15H,1-5H3,(H,21,23). The van der Waals surface area contributed by atoms with Crippen LogP contribution in [0.1, 0.15) is 25.5 Å². The average molecular weight is 407 g/mol. The minimum Gasteiger partial charge on any atom is -0.497 e. The highest BCUT2D eigenvalue weighted by molar-refractivity contribution is 7.92. The molecule has 1 amide bonds. The van der Waals surface area contributed by atoms with Crippen LogP contribution in [-0.2, 0) is 14.8 Å². The Kier molecular flexibility index (Phi) is 6.90. The summed E-state index contributed by atoms with van der Waals surface area (Å²) in [5.74, 6) is 0.350. The van der Waals surface area contributed by atoms with Crippen molar-refractivity contribution >= 4 is 21.6 Å². The lowest BCUT2D eigenvalue weighted by molar-refractivity contribution is -0.122. The first-order chi connectivity index (χ1) is 13.2. The molecule has 0 aliphatic heterocycles. The van der Waals surface area contributed by atoms with Gasteiger partial charge in [0.05, 0.1) is 32.2 Å². The molecular weight excluding hydrogens is 380 g/mol. The van der Waals surface area contributed by atoms with Crippen molar-refractivity contribution in [3.63, 3.8) is 0 Å². The van der Waals surface area contributed by atoms with Crippen LogP contribution < -0.4 is 19.1 Å². The van der Waals surface area contributed by atoms with Crippen LogP contribution in [0, 0.1) is 0 Å². The minimum atomic E-state index is -3.78. The number of nitrogens with one attached hydrogen (secondary N) is 1. The molecule has 0 spiro atoms. The molecule has 0 aliphatic rings. The predicted octanol–water partition coefficient (Wildman–Crippen LogP) is 2.74. The van der Waals surface area contributed by atoms with Gasteiger partial charge in [0.15, 0.2) is 0 Å². The summed E-state index contributed by atoms with van der Waals surface area (Å²) in [5.41, 5.74) is 1.16. The monoisotopic (exact) mass is 406 g/mol. The Balaban J connectivity index is 2.37. The third-order valence-corrected chi connectivity index (χ3v) is 5.60. The van der Waals surface area contributed by atoms with E-state index in [-0.39, 0.29) is 11.7 Å². The number of methoxy groups -OCH3 is 2. The zero-order valence-corrected chi connectivity index (χ0v) is 17.5. The molecule has 0 bridgehead atoms. The number of benzene rings is 2. The van der Waals surface area contributed by atoms with Crippen LogP contribution >= 0.6 is 0 Å². The maximum atomic E-state index is 12.9. The van der Waals surface area contributed by atoms with E-state index < -0.39 is 22.0 Å². The number of hydrogen-bond acceptors (Lipinski definition) is 5. The molecule has 152 valence electrons. The maximum Gasteiger partial charge on any atom is 0.244 e. The van der Waals surface area contributed by atoms with E-state index in [9.17, 15) is 13.2 Å². The lowest BCUT2D eigenvalue weighted by Crippen LogP contribution is -2.48. The molecule has 0 saturated carbocycles. The normalized spacial score (nSPS) is 13.3. The molecule has 28 heavy (non-hydrogen) atoms. The third-order valence-electron chi connectivity index (χ3n) is 4.37. The van der Waals surface area contributed by atoms with Crippen LogP contribution in [0.5, 0.6) is 11.5 Å². The Labute approximate surface area is 166 Å². The highest BCUT2D eigenvalue weighted by Gasteiger charge is 2.32. The molecular formula is C20H26N2O5S. The molecule has 2 rings (SSSR count). The third kappa shape index (κ3) is 4.95. The number of sulfonamides is 1. The van der Waals surface area contributed by atoms with Crippen LogP contribution in [0.3, 0.4) is 0 Å². The Hall–Kier alpha value is -2.74. The Bertz CT molecular complexity index is 915. The number of rotatable bonds is 8. The number of amides is 1. The topological polar surface area (TPSA) is 84.9 Å². The highest BCUT2D eigenvalue weighted by atomic mass is 32.2. The first-order valence-electron chi connectivity index (χ1n) is 8.75. The summed E-state index contributed by atoms with van der Waals surface area (Å²) in [6.45, 7) is 3.38. The summed E-state index contributed by atoms with van der Waals surface area (Å²) in [7, 11) is -0.865. The summed E-state index contributed by atoms with van der Waals surface area (Å²) in [6, 6.07) is 13.0. The molecule has 0 saturated heterocycles. The molecule has 2 aromatic rings. The van der Waals surface area contributed by atoms with Gasteiger partial charge in [-0.15, -0.1) is 0 Å². The molecule has 8 heteroatoms. The zero-order chi connectivity index (χ0) is 20.9. The molecule has 0 fully saturated rings. The fraction of sp³-hybridized carbons (Fsp3) is 0.350. The van der Waals surface area contributed by atoms with Crippen molar-refractivity contribution in [3.8, 4) is 11.5 Å². The van der Waals surface area contributed by atoms with Gasteiger partial charge in [0.25, 0.3) is 0 Å². The van der Waals surface area contributed by atoms with E-state index in [0.717, 1.165) is 16.1 Å². The van der Waals surface area contributed by atoms with Crippen molar-refractivity contribution in [1.29, 1.82) is 0 Å². The van der Waals surface area contributed by atoms with Gasteiger partial charge in [-0.1, -0.05) is 30.3 Å². The second kappa shape index (κ2) is 8.97. The van der Waals surface area contributed by atoms with Gasteiger partial charge in [-0.25, -0.2) is 8.42 Å². The number of hydrogen-bond donors (Lipinski definition) is 1. The Morgan fingerprint density at radius 2 is 1.68 bits per heavy atom. The Morgan fingerprint density at radius 3 is 2.21 bits per heavy atom. The second-order valence-corrected chi connectivity index (χ2v) is 8.27. The SMILES string of the molecule is COc1ccc(OC)c(N(C(C)C(=O)NC(C)c2ccccc2)S(C)(=O)=O)c1. The highest BCUT2D eigenvalue weighted by Crippen LogP contribution is 2.35. The molecule has 0 aromatic heterocycles.